The van der Waals surface area contributed by atoms with E-state index in [9.17, 15) is 47.9 Å². The van der Waals surface area contributed by atoms with Gasteiger partial charge < -0.3 is 55.2 Å². The molecule has 12 rings (SSSR count). The van der Waals surface area contributed by atoms with Crippen LogP contribution in [-0.4, -0.2) is 188 Å². The summed E-state index contributed by atoms with van der Waals surface area (Å²) in [5, 5.41) is 11.2. The molecule has 0 spiro atoms. The third-order valence-electron chi connectivity index (χ3n) is 14.7. The first-order valence-corrected chi connectivity index (χ1v) is 27.8. The molecule has 4 saturated heterocycles. The van der Waals surface area contributed by atoms with E-state index in [4.69, 9.17) is 38.8 Å². The maximum atomic E-state index is 13.4. The number of carbonyl (C=O) groups is 10. The molecule has 8 aromatic rings. The smallest absolute Gasteiger partial charge is 0.336 e. The third kappa shape index (κ3) is 13.1. The lowest BCUT2D eigenvalue weighted by molar-refractivity contribution is -0.138. The van der Waals surface area contributed by atoms with E-state index in [1.807, 2.05) is 38.1 Å². The molecule has 4 fully saturated rings. The summed E-state index contributed by atoms with van der Waals surface area (Å²) < 4.78 is 9.35. The van der Waals surface area contributed by atoms with Crippen LogP contribution in [-0.2, 0) is 38.2 Å². The number of ketones is 2. The molecule has 4 aliphatic rings. The fourth-order valence-electron chi connectivity index (χ4n) is 10.2. The zero-order valence-electron chi connectivity index (χ0n) is 46.2. The van der Waals surface area contributed by atoms with Crippen LogP contribution < -0.4 is 11.1 Å². The van der Waals surface area contributed by atoms with Crippen molar-refractivity contribution in [2.24, 2.45) is 0 Å². The van der Waals surface area contributed by atoms with Crippen LogP contribution in [0.1, 0.15) is 55.3 Å². The quantitative estimate of drug-likeness (QED) is 0.0438. The highest BCUT2D eigenvalue weighted by Crippen LogP contribution is 2.32. The second kappa shape index (κ2) is 25.6. The molecule has 4 aliphatic heterocycles. The Morgan fingerprint density at radius 3 is 1.43 bits per heavy atom. The van der Waals surface area contributed by atoms with Crippen molar-refractivity contribution in [3.05, 3.63) is 156 Å². The van der Waals surface area contributed by atoms with Gasteiger partial charge in [0.25, 0.3) is 51.6 Å². The topological polar surface area (TPSA) is 350 Å². The Morgan fingerprint density at radius 2 is 1.01 bits per heavy atom. The number of carboxylic acid groups (broad SMARTS) is 1. The van der Waals surface area contributed by atoms with Crippen LogP contribution in [0, 0.1) is 0 Å². The Bertz CT molecular complexity index is 4030. The SMILES string of the molecule is C[C@@H]1CN(C(=O)c2ccccc2)CCN1C(=O)C(=O)c1c[nH]c2c(-c3cccc(N)n3)nccc12.C[C@@H]1CN(C(=O)c2ccccc2)CCN1C(=O)C(=O)c1c[nH]c2c(-c3cccc(NC(=O)C4OC4C(=O)O)n3)nccc12.O=C(Cl)C1OC1C(=O)Cl. The number of hydrogen-bond acceptors (Lipinski definition) is 17. The van der Waals surface area contributed by atoms with E-state index < -0.39 is 70.2 Å². The number of nitrogen functional groups attached to an aromatic ring is 1. The van der Waals surface area contributed by atoms with Gasteiger partial charge in [0.05, 0.1) is 33.5 Å². The first kappa shape index (κ1) is 60.1. The van der Waals surface area contributed by atoms with Crippen molar-refractivity contribution in [2.75, 3.05) is 50.3 Å². The predicted molar refractivity (Wildman–Crippen MR) is 314 cm³/mol. The molecule has 25 nitrogen and oxygen atoms in total. The van der Waals surface area contributed by atoms with Gasteiger partial charge in [-0.2, -0.15) is 0 Å². The molecule has 444 valence electrons. The number of nitrogens with zero attached hydrogens (tertiary/aromatic N) is 8. The molecule has 2 aromatic carbocycles. The number of aliphatic carboxylic acids is 1. The van der Waals surface area contributed by atoms with Crippen LogP contribution in [0.4, 0.5) is 11.6 Å². The van der Waals surface area contributed by atoms with Gasteiger partial charge in [-0.05, 0) is 97.7 Å². The minimum atomic E-state index is -1.22. The summed E-state index contributed by atoms with van der Waals surface area (Å²) >= 11 is 9.88. The van der Waals surface area contributed by atoms with Crippen molar-refractivity contribution in [1.29, 1.82) is 0 Å². The maximum absolute atomic E-state index is 13.4. The monoisotopic (exact) mass is 1220 g/mol. The van der Waals surface area contributed by atoms with E-state index in [2.05, 4.69) is 40.0 Å². The van der Waals surface area contributed by atoms with Gasteiger partial charge in [0.1, 0.15) is 23.0 Å². The molecule has 5 amide bonds. The lowest BCUT2D eigenvalue weighted by atomic mass is 10.1. The van der Waals surface area contributed by atoms with Crippen molar-refractivity contribution < 1.29 is 62.5 Å². The Labute approximate surface area is 503 Å². The number of epoxide rings is 2. The van der Waals surface area contributed by atoms with Crippen LogP contribution >= 0.6 is 23.2 Å². The van der Waals surface area contributed by atoms with Crippen molar-refractivity contribution in [3.63, 3.8) is 0 Å². The number of hydrogen-bond donors (Lipinski definition) is 5. The fraction of sp³-hybridized carbons (Fsp3) is 0.233. The number of H-pyrrole nitrogens is 2. The fourth-order valence-corrected chi connectivity index (χ4v) is 10.5. The molecule has 0 bridgehead atoms. The summed E-state index contributed by atoms with van der Waals surface area (Å²) in [7, 11) is 0. The molecule has 6 aromatic heterocycles. The molecule has 87 heavy (non-hydrogen) atoms. The number of ether oxygens (including phenoxy) is 2. The minimum Gasteiger partial charge on any atom is -0.479 e. The molecule has 0 saturated carbocycles. The molecular formula is C60H52Cl2N12O13. The number of benzene rings is 2. The van der Waals surface area contributed by atoms with Crippen LogP contribution in [0.5, 0.6) is 0 Å². The van der Waals surface area contributed by atoms with E-state index in [-0.39, 0.29) is 53.9 Å². The summed E-state index contributed by atoms with van der Waals surface area (Å²) in [5.41, 5.74) is 10.4. The number of nitrogens with two attached hydrogens (primary N) is 1. The molecular weight excluding hydrogens is 1170 g/mol. The predicted octanol–water partition coefficient (Wildman–Crippen LogP) is 5.02. The van der Waals surface area contributed by atoms with Gasteiger partial charge in [0, 0.05) is 98.0 Å². The van der Waals surface area contributed by atoms with Gasteiger partial charge >= 0.3 is 5.97 Å². The van der Waals surface area contributed by atoms with Crippen LogP contribution in [0.25, 0.3) is 44.6 Å². The zero-order chi connectivity index (χ0) is 61.8. The van der Waals surface area contributed by atoms with Crippen molar-refractivity contribution in [1.82, 2.24) is 49.5 Å². The van der Waals surface area contributed by atoms with Gasteiger partial charge in [-0.3, -0.25) is 53.1 Å². The Morgan fingerprint density at radius 1 is 0.563 bits per heavy atom. The Kier molecular flexibility index (Phi) is 17.7. The van der Waals surface area contributed by atoms with E-state index in [0.29, 0.717) is 87.7 Å². The molecule has 10 heterocycles. The highest BCUT2D eigenvalue weighted by atomic mass is 35.5. The highest BCUT2D eigenvalue weighted by Gasteiger charge is 2.51. The Hall–Kier alpha value is -10.1. The number of aromatic amines is 2. The lowest BCUT2D eigenvalue weighted by Gasteiger charge is -2.39. The molecule has 6 atom stereocenters. The summed E-state index contributed by atoms with van der Waals surface area (Å²) in [6, 6.07) is 30.7. The van der Waals surface area contributed by atoms with E-state index >= 15 is 0 Å². The van der Waals surface area contributed by atoms with Gasteiger partial charge in [0.15, 0.2) is 24.4 Å². The molecule has 4 unspecified atom stereocenters. The zero-order valence-corrected chi connectivity index (χ0v) is 47.7. The number of rotatable bonds is 13. The molecule has 0 aliphatic carbocycles. The summed E-state index contributed by atoms with van der Waals surface area (Å²) in [5.74, 6) is -4.08. The number of nitrogens with one attached hydrogen (secondary N) is 3. The lowest BCUT2D eigenvalue weighted by Crippen LogP contribution is -2.56. The number of pyridine rings is 4. The minimum absolute atomic E-state index is 0.0808. The van der Waals surface area contributed by atoms with Crippen LogP contribution in [0.3, 0.4) is 0 Å². The number of piperazine rings is 2. The average molecular weight is 1220 g/mol. The first-order valence-electron chi connectivity index (χ1n) is 27.0. The second-order valence-corrected chi connectivity index (χ2v) is 21.1. The van der Waals surface area contributed by atoms with E-state index in [1.54, 1.807) is 94.9 Å². The number of halogens is 2. The number of amides is 5. The van der Waals surface area contributed by atoms with Gasteiger partial charge in [-0.15, -0.1) is 0 Å². The van der Waals surface area contributed by atoms with E-state index in [1.165, 1.54) is 34.5 Å². The first-order chi connectivity index (χ1) is 41.8. The standard InChI is InChI=1S/C30H26N6O7.C26H24N6O3.C4H2Cl2O3/c1-16-15-35(28(39)17-6-3-2-4-7-17)12-13-36(16)29(40)24(37)19-14-32-22-18(19)10-11-31-23(22)20-8-5-9-21(33-20)34-27(38)25-26(43-25)30(41)42;1-16-15-31(25(34)17-6-3-2-4-7-17)12-13-32(16)26(35)24(33)19-14-29-22-18(19)10-11-28-23(22)20-8-5-9-21(27)30-20;5-3(7)1-2(9-1)4(6)8/h2-11,14,16,25-26,32H,12-13,15H2,1H3,(H,41,42)(H,33,34,38);2-11,14,16,29H,12-13,15H2,1H3,(H2,27,30);1-2H/t16-,25?,26?;16-;/m11./s1. The van der Waals surface area contributed by atoms with Gasteiger partial charge in [-0.25, -0.2) is 14.8 Å². The van der Waals surface area contributed by atoms with Crippen molar-refractivity contribution in [3.8, 4) is 22.8 Å². The molecule has 0 radical (unpaired) electrons. The average Bonchev–Trinajstić information content (AvgIpc) is 2.28. The highest BCUT2D eigenvalue weighted by molar-refractivity contribution is 6.68. The van der Waals surface area contributed by atoms with Crippen LogP contribution in [0.15, 0.2) is 134 Å². The normalized spacial score (nSPS) is 19.4. The number of aromatic nitrogens is 6. The number of Topliss-reactive ketones (excluding diaryl/α,β-unsaturated/α-hetero) is 2. The number of carbonyl (C=O) groups excluding carboxylic acids is 9. The van der Waals surface area contributed by atoms with Crippen molar-refractivity contribution in [2.45, 2.75) is 50.3 Å². The number of fused-ring (bicyclic) bond motifs is 2. The second-order valence-electron chi connectivity index (χ2n) is 20.4. The third-order valence-corrected chi connectivity index (χ3v) is 15.1. The van der Waals surface area contributed by atoms with Crippen LogP contribution in [0.2, 0.25) is 0 Å². The van der Waals surface area contributed by atoms with Gasteiger partial charge in [0.2, 0.25) is 0 Å². The summed E-state index contributed by atoms with van der Waals surface area (Å²) in [4.78, 5) is 153. The number of anilines is 2. The number of carboxylic acids is 1. The van der Waals surface area contributed by atoms with Crippen molar-refractivity contribution >= 4 is 114 Å². The Balaban J connectivity index is 0.000000171. The summed E-state index contributed by atoms with van der Waals surface area (Å²) in [6.07, 6.45) is 2.20. The molecule has 6 N–H and O–H groups in total. The largest absolute Gasteiger partial charge is 0.479 e. The maximum Gasteiger partial charge on any atom is 0.336 e. The van der Waals surface area contributed by atoms with E-state index in [0.717, 1.165) is 0 Å². The summed E-state index contributed by atoms with van der Waals surface area (Å²) in [6.45, 7) is 5.49. The molecule has 27 heteroatoms. The van der Waals surface area contributed by atoms with Gasteiger partial charge in [-0.1, -0.05) is 48.5 Å².